The Balaban J connectivity index is 1.41. The first-order valence-corrected chi connectivity index (χ1v) is 31.6. The molecule has 6 aliphatic heterocycles. The highest BCUT2D eigenvalue weighted by atomic mass is 32.3. The Morgan fingerprint density at radius 1 is 0.548 bits per heavy atom. The van der Waals surface area contributed by atoms with Gasteiger partial charge in [0.05, 0.1) is 51.3 Å². The maximum atomic E-state index is 13.4. The summed E-state index contributed by atoms with van der Waals surface area (Å²) < 4.78 is 111. The number of hydrogen-bond acceptors (Lipinski definition) is 34. The highest BCUT2D eigenvalue weighted by Gasteiger charge is 2.62. The third-order valence-corrected chi connectivity index (χ3v) is 17.0. The summed E-state index contributed by atoms with van der Waals surface area (Å²) in [5, 5.41) is 184. The molecular formula is C53H91N3O36S. The van der Waals surface area contributed by atoms with Crippen LogP contribution in [-0.2, 0) is 90.6 Å². The lowest BCUT2D eigenvalue weighted by molar-refractivity contribution is -0.398. The molecule has 93 heavy (non-hydrogen) atoms. The summed E-state index contributed by atoms with van der Waals surface area (Å²) >= 11 is 0. The van der Waals surface area contributed by atoms with E-state index >= 15 is 0 Å². The summed E-state index contributed by atoms with van der Waals surface area (Å²) in [5.41, 5.74) is 0. The molecule has 20 N–H and O–H groups in total. The Labute approximate surface area is 532 Å². The summed E-state index contributed by atoms with van der Waals surface area (Å²) in [6, 6.07) is -5.32. The zero-order valence-corrected chi connectivity index (χ0v) is 52.1. The van der Waals surface area contributed by atoms with E-state index in [0.29, 0.717) is 6.42 Å². The molecule has 6 saturated heterocycles. The average Bonchev–Trinajstić information content (AvgIpc) is 0.770. The van der Waals surface area contributed by atoms with Gasteiger partial charge in [-0.3, -0.25) is 18.9 Å². The van der Waals surface area contributed by atoms with E-state index in [1.54, 1.807) is 0 Å². The van der Waals surface area contributed by atoms with Crippen LogP contribution in [0.25, 0.3) is 0 Å². The number of carbonyl (C=O) groups is 4. The molecule has 0 spiro atoms. The molecule has 39 nitrogen and oxygen atoms in total. The fraction of sp³-hybridized carbons (Fsp3) is 0.925. The summed E-state index contributed by atoms with van der Waals surface area (Å²) in [4.78, 5) is 51.7. The zero-order valence-electron chi connectivity index (χ0n) is 51.3. The number of ether oxygens (including phenoxy) is 12. The van der Waals surface area contributed by atoms with Gasteiger partial charge in [0.2, 0.25) is 17.7 Å². The molecule has 0 aromatic rings. The molecule has 6 fully saturated rings. The summed E-state index contributed by atoms with van der Waals surface area (Å²) in [5.74, 6) is -8.13. The van der Waals surface area contributed by atoms with Gasteiger partial charge in [-0.15, -0.1) is 0 Å². The molecule has 0 aromatic heterocycles. The molecule has 3 amide bonds. The van der Waals surface area contributed by atoms with Gasteiger partial charge in [0.15, 0.2) is 31.5 Å². The molecule has 0 radical (unpaired) electrons. The van der Waals surface area contributed by atoms with Crippen LogP contribution in [-0.4, -0.2) is 348 Å². The van der Waals surface area contributed by atoms with Crippen LogP contribution in [0.2, 0.25) is 0 Å². The molecule has 31 atom stereocenters. The fourth-order valence-corrected chi connectivity index (χ4v) is 12.0. The van der Waals surface area contributed by atoms with Crippen molar-refractivity contribution in [2.24, 2.45) is 0 Å². The van der Waals surface area contributed by atoms with E-state index in [2.05, 4.69) is 22.9 Å². The SMILES string of the molecule is CCCCCCCCO[C@H]1O[C@H](CO)[C@H](O)[C@H](O[C@@H]2O[C@H](CO)[C@H](O)[C@H](O[C@@H]3O[C@H](COS(=O)(=O)O)[C@@H](O[C@@H]4O[C@H](CO)[C@@H](O)[C@H](O[C@]5(C(=O)O)C[C@H](O)[C@@H](NC(C)=O)[C@H]([C@H](O)[C@H](O)CO)O5)[C@H]4O)[C@H](O[C@@H]4O[C@@H](C)[C@@H](O)[C@@H](O)[C@@H]4O)[C@H]3NC(C)=O)[C@H]2O)[C@H]1NC(C)=O. The number of amides is 3. The largest absolute Gasteiger partial charge is 0.477 e. The van der Waals surface area contributed by atoms with Crippen LogP contribution in [0.4, 0.5) is 0 Å². The van der Waals surface area contributed by atoms with E-state index in [-0.39, 0.29) is 6.61 Å². The highest BCUT2D eigenvalue weighted by Crippen LogP contribution is 2.41. The van der Waals surface area contributed by atoms with Crippen LogP contribution in [0.15, 0.2) is 0 Å². The lowest BCUT2D eigenvalue weighted by Gasteiger charge is -2.52. The Hall–Kier alpha value is -3.33. The Morgan fingerprint density at radius 3 is 1.55 bits per heavy atom. The minimum absolute atomic E-state index is 0.0583. The monoisotopic (exact) mass is 1380 g/mol. The van der Waals surface area contributed by atoms with Gasteiger partial charge in [0.25, 0.3) is 5.79 Å². The van der Waals surface area contributed by atoms with Crippen LogP contribution in [0.1, 0.15) is 79.6 Å². The Kier molecular flexibility index (Phi) is 29.6. The lowest BCUT2D eigenvalue weighted by atomic mass is 9.88. The van der Waals surface area contributed by atoms with E-state index in [4.69, 9.17) is 61.0 Å². The number of aliphatic carboxylic acids is 1. The summed E-state index contributed by atoms with van der Waals surface area (Å²) in [6.07, 6.45) is -53.2. The van der Waals surface area contributed by atoms with Gasteiger partial charge in [0, 0.05) is 33.8 Å². The van der Waals surface area contributed by atoms with Gasteiger partial charge in [0.1, 0.15) is 134 Å². The van der Waals surface area contributed by atoms with Gasteiger partial charge in [-0.05, 0) is 13.3 Å². The van der Waals surface area contributed by atoms with E-state index in [0.717, 1.165) is 52.9 Å². The number of aliphatic hydroxyl groups excluding tert-OH is 15. The second-order valence-electron chi connectivity index (χ2n) is 23.5. The maximum absolute atomic E-state index is 13.4. The predicted molar refractivity (Wildman–Crippen MR) is 297 cm³/mol. The third kappa shape index (κ3) is 19.5. The third-order valence-electron chi connectivity index (χ3n) is 16.5. The number of carboxylic acids is 1. The molecular weight excluding hydrogens is 1290 g/mol. The molecule has 40 heteroatoms. The van der Waals surface area contributed by atoms with Crippen molar-refractivity contribution in [3.63, 3.8) is 0 Å². The van der Waals surface area contributed by atoms with Crippen molar-refractivity contribution in [2.45, 2.75) is 269 Å². The molecule has 6 rings (SSSR count). The van der Waals surface area contributed by atoms with Crippen LogP contribution in [0.5, 0.6) is 0 Å². The van der Waals surface area contributed by atoms with Crippen molar-refractivity contribution in [1.82, 2.24) is 16.0 Å². The van der Waals surface area contributed by atoms with Crippen LogP contribution >= 0.6 is 0 Å². The number of unbranched alkanes of at least 4 members (excludes halogenated alkanes) is 5. The van der Waals surface area contributed by atoms with E-state index in [1.807, 2.05) is 0 Å². The minimum Gasteiger partial charge on any atom is -0.477 e. The summed E-state index contributed by atoms with van der Waals surface area (Å²) in [7, 11) is -5.58. The van der Waals surface area contributed by atoms with Crippen LogP contribution < -0.4 is 16.0 Å². The van der Waals surface area contributed by atoms with E-state index in [1.165, 1.54) is 6.92 Å². The van der Waals surface area contributed by atoms with Gasteiger partial charge < -0.3 is 154 Å². The first-order chi connectivity index (χ1) is 43.8. The van der Waals surface area contributed by atoms with Crippen LogP contribution in [0, 0.1) is 0 Å². The number of aliphatic hydroxyl groups is 15. The van der Waals surface area contributed by atoms with Gasteiger partial charge >= 0.3 is 16.4 Å². The van der Waals surface area contributed by atoms with Gasteiger partial charge in [-0.2, -0.15) is 8.42 Å². The maximum Gasteiger partial charge on any atom is 0.397 e. The fourth-order valence-electron chi connectivity index (χ4n) is 11.7. The van der Waals surface area contributed by atoms with Crippen LogP contribution in [0.3, 0.4) is 0 Å². The zero-order chi connectivity index (χ0) is 69.1. The normalized spacial score (nSPS) is 42.4. The molecule has 0 aromatic carbocycles. The van der Waals surface area contributed by atoms with Crippen molar-refractivity contribution in [3.8, 4) is 0 Å². The first kappa shape index (κ1) is 78.7. The predicted octanol–water partition coefficient (Wildman–Crippen LogP) is -10.2. The van der Waals surface area contributed by atoms with Crippen molar-refractivity contribution >= 4 is 34.1 Å². The van der Waals surface area contributed by atoms with Crippen molar-refractivity contribution in [1.29, 1.82) is 0 Å². The average molecular weight is 1380 g/mol. The van der Waals surface area contributed by atoms with Crippen molar-refractivity contribution in [3.05, 3.63) is 0 Å². The van der Waals surface area contributed by atoms with Gasteiger partial charge in [-0.25, -0.2) is 8.98 Å². The number of nitrogens with one attached hydrogen (secondary N) is 3. The topological polar surface area (TPSA) is 602 Å². The molecule has 0 saturated carbocycles. The van der Waals surface area contributed by atoms with E-state index < -0.39 is 263 Å². The highest BCUT2D eigenvalue weighted by molar-refractivity contribution is 7.80. The second-order valence-corrected chi connectivity index (χ2v) is 24.6. The number of carbonyl (C=O) groups excluding carboxylic acids is 3. The number of rotatable bonds is 31. The quantitative estimate of drug-likeness (QED) is 0.0226. The Morgan fingerprint density at radius 2 is 1.01 bits per heavy atom. The molecule has 6 heterocycles. The number of hydrogen-bond donors (Lipinski definition) is 20. The first-order valence-electron chi connectivity index (χ1n) is 30.2. The van der Waals surface area contributed by atoms with Gasteiger partial charge in [-0.1, -0.05) is 39.0 Å². The minimum atomic E-state index is -5.58. The molecule has 6 aliphatic rings. The summed E-state index contributed by atoms with van der Waals surface area (Å²) in [6.45, 7) is 0.371. The molecule has 0 aliphatic carbocycles. The Bertz CT molecular complexity index is 2480. The van der Waals surface area contributed by atoms with Crippen molar-refractivity contribution < 1.29 is 175 Å². The standard InChI is InChI=1S/C53H91N3O36S/c1-6-7-8-9-10-11-12-80-47-30(55-21(4)62)42(34(68)25(15-58)83-47)88-50-39(73)45(35(69)26(16-59)84-50)90-48-31(56-22(5)63)44(89-49-38(72)37(71)32(66)19(2)82-49)41(28(86-48)18-81-93(77,78)79)87-51-40(74)46(36(70)27(17-60)85-51)92-53(52(75)76)13-23(64)29(54-20(3)61)43(91-53)33(67)24(65)14-57/h19,23-51,57-60,64-74H,6-18H2,1-5H3,(H,54,61)(H,55,62)(H,56,63)(H,75,76)(H,77,78,79)/t19-,23-,24+,25+,26+,27+,28+,29+,30+,31+,32+,33+,34-,35-,36+,37+,38-,39+,40+,41+,42+,43+,44+,45-,46-,47-,48-,49-,50-,51-,53-/m0/s1. The molecule has 540 valence electrons. The molecule has 0 unspecified atom stereocenters. The van der Waals surface area contributed by atoms with Crippen molar-refractivity contribution in [2.75, 3.05) is 39.6 Å². The number of carboxylic acid groups (broad SMARTS) is 1. The second kappa shape index (κ2) is 34.9. The molecule has 0 bridgehead atoms. The smallest absolute Gasteiger partial charge is 0.397 e. The van der Waals surface area contributed by atoms with E-state index in [9.17, 15) is 114 Å². The lowest BCUT2D eigenvalue weighted by Crippen LogP contribution is -2.72.